The number of benzene rings is 2. The molecule has 0 unspecified atom stereocenters. The van der Waals surface area contributed by atoms with E-state index >= 15 is 0 Å². The van der Waals surface area contributed by atoms with Gasteiger partial charge in [0, 0.05) is 5.56 Å². The lowest BCUT2D eigenvalue weighted by Crippen LogP contribution is -2.31. The van der Waals surface area contributed by atoms with Gasteiger partial charge in [-0.2, -0.15) is 5.26 Å². The van der Waals surface area contributed by atoms with Crippen molar-refractivity contribution in [3.05, 3.63) is 59.2 Å². The number of ether oxygens (including phenoxy) is 3. The van der Waals surface area contributed by atoms with Crippen LogP contribution in [0.2, 0.25) is 0 Å². The molecule has 2 aromatic rings. The number of amides is 1. The van der Waals surface area contributed by atoms with Gasteiger partial charge in [0.05, 0.1) is 37.5 Å². The zero-order chi connectivity index (χ0) is 19.8. The number of esters is 1. The summed E-state index contributed by atoms with van der Waals surface area (Å²) in [6.45, 7) is 1.37. The highest BCUT2D eigenvalue weighted by molar-refractivity contribution is 5.91. The van der Waals surface area contributed by atoms with Gasteiger partial charge in [0.25, 0.3) is 5.91 Å². The number of hydrogen-bond acceptors (Lipinski definition) is 6. The first kappa shape index (κ1) is 19.8. The summed E-state index contributed by atoms with van der Waals surface area (Å²) in [6.07, 6.45) is 0. The molecule has 0 aliphatic heterocycles. The quantitative estimate of drug-likeness (QED) is 0.755. The van der Waals surface area contributed by atoms with Crippen LogP contribution in [0, 0.1) is 11.3 Å². The summed E-state index contributed by atoms with van der Waals surface area (Å²) in [7, 11) is 3.09. The third-order valence-corrected chi connectivity index (χ3v) is 3.86. The van der Waals surface area contributed by atoms with Crippen molar-refractivity contribution >= 4 is 11.9 Å². The van der Waals surface area contributed by atoms with E-state index in [0.717, 1.165) is 5.56 Å². The normalized spacial score (nSPS) is 11.0. The molecule has 1 N–H and O–H groups in total. The summed E-state index contributed by atoms with van der Waals surface area (Å²) >= 11 is 0. The highest BCUT2D eigenvalue weighted by Crippen LogP contribution is 2.29. The average Bonchev–Trinajstić information content (AvgIpc) is 2.71. The molecule has 0 aromatic heterocycles. The van der Waals surface area contributed by atoms with Crippen LogP contribution in [0.5, 0.6) is 11.5 Å². The van der Waals surface area contributed by atoms with Crippen LogP contribution in [0.1, 0.15) is 34.5 Å². The van der Waals surface area contributed by atoms with Crippen LogP contribution in [0.25, 0.3) is 0 Å². The Labute approximate surface area is 157 Å². The summed E-state index contributed by atoms with van der Waals surface area (Å²) in [5, 5.41) is 11.5. The van der Waals surface area contributed by atoms with E-state index in [9.17, 15) is 9.59 Å². The first-order valence-electron chi connectivity index (χ1n) is 8.17. The summed E-state index contributed by atoms with van der Waals surface area (Å²) in [5.41, 5.74) is 1.44. The van der Waals surface area contributed by atoms with Crippen LogP contribution in [0.15, 0.2) is 42.5 Å². The number of rotatable bonds is 7. The molecule has 0 radical (unpaired) electrons. The smallest absolute Gasteiger partial charge is 0.338 e. The summed E-state index contributed by atoms with van der Waals surface area (Å²) in [4.78, 5) is 24.1. The third-order valence-electron chi connectivity index (χ3n) is 3.86. The zero-order valence-corrected chi connectivity index (χ0v) is 15.3. The number of methoxy groups -OCH3 is 2. The standard InChI is InChI=1S/C20H20N2O5/c1-13(17-10-16(25-2)8-9-18(17)26-3)22-19(23)12-27-20(24)15-6-4-14(11-21)5-7-15/h4-10,13H,12H2,1-3H3,(H,22,23)/t13-/m0/s1. The maximum atomic E-state index is 12.1. The number of nitrogens with zero attached hydrogens (tertiary/aromatic N) is 1. The number of carbonyl (C=O) groups excluding carboxylic acids is 2. The van der Waals surface area contributed by atoms with Gasteiger partial charge in [0.2, 0.25) is 0 Å². The van der Waals surface area contributed by atoms with Crippen molar-refractivity contribution < 1.29 is 23.8 Å². The van der Waals surface area contributed by atoms with Gasteiger partial charge in [0.1, 0.15) is 11.5 Å². The molecule has 0 saturated heterocycles. The Morgan fingerprint density at radius 3 is 2.41 bits per heavy atom. The van der Waals surface area contributed by atoms with E-state index < -0.39 is 18.5 Å². The van der Waals surface area contributed by atoms with Crippen LogP contribution < -0.4 is 14.8 Å². The summed E-state index contributed by atoms with van der Waals surface area (Å²) in [5.74, 6) is 0.160. The first-order chi connectivity index (χ1) is 13.0. The molecule has 2 rings (SSSR count). The van der Waals surface area contributed by atoms with E-state index in [-0.39, 0.29) is 11.6 Å². The van der Waals surface area contributed by atoms with Crippen molar-refractivity contribution in [2.75, 3.05) is 20.8 Å². The number of hydrogen-bond donors (Lipinski definition) is 1. The minimum Gasteiger partial charge on any atom is -0.497 e. The van der Waals surface area contributed by atoms with Crippen molar-refractivity contribution in [3.8, 4) is 17.6 Å². The molecule has 0 spiro atoms. The van der Waals surface area contributed by atoms with Gasteiger partial charge in [-0.15, -0.1) is 0 Å². The molecule has 0 aliphatic carbocycles. The third kappa shape index (κ3) is 5.22. The minimum absolute atomic E-state index is 0.268. The SMILES string of the molecule is COc1ccc(OC)c([C@H](C)NC(=O)COC(=O)c2ccc(C#N)cc2)c1. The molecule has 140 valence electrons. The lowest BCUT2D eigenvalue weighted by Gasteiger charge is -2.18. The molecule has 2 aromatic carbocycles. The first-order valence-corrected chi connectivity index (χ1v) is 8.17. The molecule has 1 atom stereocenters. The van der Waals surface area contributed by atoms with Gasteiger partial charge >= 0.3 is 5.97 Å². The largest absolute Gasteiger partial charge is 0.497 e. The molecule has 0 heterocycles. The molecule has 0 saturated carbocycles. The van der Waals surface area contributed by atoms with Crippen molar-refractivity contribution in [1.82, 2.24) is 5.32 Å². The van der Waals surface area contributed by atoms with Crippen LogP contribution in [0.3, 0.4) is 0 Å². The fourth-order valence-electron chi connectivity index (χ4n) is 2.43. The van der Waals surface area contributed by atoms with E-state index in [4.69, 9.17) is 19.5 Å². The monoisotopic (exact) mass is 368 g/mol. The van der Waals surface area contributed by atoms with Crippen LogP contribution in [-0.2, 0) is 9.53 Å². The van der Waals surface area contributed by atoms with Gasteiger partial charge in [0.15, 0.2) is 6.61 Å². The molecule has 1 amide bonds. The molecule has 0 aliphatic rings. The van der Waals surface area contributed by atoms with Gasteiger partial charge in [-0.05, 0) is 49.4 Å². The summed E-state index contributed by atoms with van der Waals surface area (Å²) in [6, 6.07) is 12.8. The van der Waals surface area contributed by atoms with E-state index in [1.54, 1.807) is 39.3 Å². The lowest BCUT2D eigenvalue weighted by molar-refractivity contribution is -0.124. The highest BCUT2D eigenvalue weighted by atomic mass is 16.5. The van der Waals surface area contributed by atoms with Crippen LogP contribution in [-0.4, -0.2) is 32.7 Å². The maximum absolute atomic E-state index is 12.1. The molecular weight excluding hydrogens is 348 g/mol. The molecule has 0 fully saturated rings. The van der Waals surface area contributed by atoms with Crippen molar-refractivity contribution in [3.63, 3.8) is 0 Å². The molecule has 0 bridgehead atoms. The summed E-state index contributed by atoms with van der Waals surface area (Å²) < 4.78 is 15.5. The van der Waals surface area contributed by atoms with Gasteiger partial charge in [-0.1, -0.05) is 0 Å². The topological polar surface area (TPSA) is 97.7 Å². The van der Waals surface area contributed by atoms with E-state index in [1.807, 2.05) is 6.07 Å². The van der Waals surface area contributed by atoms with Gasteiger partial charge < -0.3 is 19.5 Å². The zero-order valence-electron chi connectivity index (χ0n) is 15.3. The molecular formula is C20H20N2O5. The Balaban J connectivity index is 1.95. The molecule has 7 heteroatoms. The average molecular weight is 368 g/mol. The van der Waals surface area contributed by atoms with Crippen molar-refractivity contribution in [2.24, 2.45) is 0 Å². The Bertz CT molecular complexity index is 856. The number of nitrogens with one attached hydrogen (secondary N) is 1. The minimum atomic E-state index is -0.638. The Morgan fingerprint density at radius 1 is 1.11 bits per heavy atom. The predicted octanol–water partition coefficient (Wildman–Crippen LogP) is 2.61. The van der Waals surface area contributed by atoms with Crippen molar-refractivity contribution in [1.29, 1.82) is 5.26 Å². The second-order valence-electron chi connectivity index (χ2n) is 5.66. The Hall–Kier alpha value is -3.53. The van der Waals surface area contributed by atoms with E-state index in [1.165, 1.54) is 24.3 Å². The molecule has 27 heavy (non-hydrogen) atoms. The highest BCUT2D eigenvalue weighted by Gasteiger charge is 2.17. The van der Waals surface area contributed by atoms with Gasteiger partial charge in [-0.25, -0.2) is 4.79 Å². The second-order valence-corrected chi connectivity index (χ2v) is 5.66. The van der Waals surface area contributed by atoms with Gasteiger partial charge in [-0.3, -0.25) is 4.79 Å². The number of carbonyl (C=O) groups is 2. The fourth-order valence-corrected chi connectivity index (χ4v) is 2.43. The van der Waals surface area contributed by atoms with Crippen LogP contribution >= 0.6 is 0 Å². The van der Waals surface area contributed by atoms with E-state index in [2.05, 4.69) is 5.32 Å². The van der Waals surface area contributed by atoms with E-state index in [0.29, 0.717) is 17.1 Å². The Morgan fingerprint density at radius 2 is 1.81 bits per heavy atom. The van der Waals surface area contributed by atoms with Crippen molar-refractivity contribution in [2.45, 2.75) is 13.0 Å². The lowest BCUT2D eigenvalue weighted by atomic mass is 10.1. The predicted molar refractivity (Wildman–Crippen MR) is 97.5 cm³/mol. The maximum Gasteiger partial charge on any atom is 0.338 e. The van der Waals surface area contributed by atoms with Crippen LogP contribution in [0.4, 0.5) is 0 Å². The Kier molecular flexibility index (Phi) is 6.78. The number of nitriles is 1. The fraction of sp³-hybridized carbons (Fsp3) is 0.250. The molecule has 7 nitrogen and oxygen atoms in total. The second kappa shape index (κ2) is 9.25.